The van der Waals surface area contributed by atoms with Crippen molar-refractivity contribution in [2.24, 2.45) is 39.6 Å². The number of aliphatic hydroxyl groups excluding tert-OH is 1. The predicted octanol–water partition coefficient (Wildman–Crippen LogP) is -3.98. The van der Waals surface area contributed by atoms with Crippen molar-refractivity contribution in [3.05, 3.63) is 71.8 Å². The van der Waals surface area contributed by atoms with Crippen molar-refractivity contribution >= 4 is 65.1 Å². The number of aliphatic hydroxyl groups is 1. The number of carboxylic acid groups (broad SMARTS) is 1. The largest absolute Gasteiger partial charge is 0.480 e. The van der Waals surface area contributed by atoms with E-state index in [1.54, 1.807) is 74.5 Å². The molecule has 1 aliphatic heterocycles. The van der Waals surface area contributed by atoms with Crippen LogP contribution in [0.25, 0.3) is 0 Å². The molecule has 0 saturated carbocycles. The Kier molecular flexibility index (Phi) is 24.0. The van der Waals surface area contributed by atoms with Gasteiger partial charge in [-0.2, -0.15) is 0 Å². The second-order valence-corrected chi connectivity index (χ2v) is 17.8. The lowest BCUT2D eigenvalue weighted by Gasteiger charge is -2.30. The number of amides is 9. The molecule has 1 aliphatic rings. The molecule has 1 saturated heterocycles. The molecule has 8 unspecified atom stereocenters. The Bertz CT molecular complexity index is 2230. The van der Waals surface area contributed by atoms with Gasteiger partial charge in [0, 0.05) is 32.4 Å². The van der Waals surface area contributed by atoms with Gasteiger partial charge in [-0.3, -0.25) is 48.1 Å². The van der Waals surface area contributed by atoms with Crippen LogP contribution in [0.3, 0.4) is 0 Å². The van der Waals surface area contributed by atoms with Gasteiger partial charge in [0.05, 0.1) is 13.0 Å². The topological polar surface area (TPSA) is 429 Å². The molecule has 1 fully saturated rings. The fourth-order valence-corrected chi connectivity index (χ4v) is 7.76. The van der Waals surface area contributed by atoms with Crippen molar-refractivity contribution in [3.63, 3.8) is 0 Å². The minimum absolute atomic E-state index is 0.0174. The number of rotatable bonds is 30. The van der Waals surface area contributed by atoms with E-state index in [0.29, 0.717) is 17.5 Å². The first-order chi connectivity index (χ1) is 34.1. The van der Waals surface area contributed by atoms with Gasteiger partial charge in [0.25, 0.3) is 0 Å². The third kappa shape index (κ3) is 20.0. The number of hydrogen-bond donors (Lipinski definition) is 13. The van der Waals surface area contributed by atoms with Gasteiger partial charge in [-0.1, -0.05) is 74.5 Å². The summed E-state index contributed by atoms with van der Waals surface area (Å²) in [5.74, 6) is -9.71. The van der Waals surface area contributed by atoms with Crippen molar-refractivity contribution < 1.29 is 58.2 Å². The average molecular weight is 1010 g/mol. The zero-order valence-corrected chi connectivity index (χ0v) is 40.4. The molecule has 1 heterocycles. The van der Waals surface area contributed by atoms with Crippen LogP contribution in [0.5, 0.6) is 0 Å². The van der Waals surface area contributed by atoms with Gasteiger partial charge in [0.15, 0.2) is 5.96 Å². The van der Waals surface area contributed by atoms with Crippen LogP contribution >= 0.6 is 0 Å². The number of aliphatic carboxylic acids is 1. The summed E-state index contributed by atoms with van der Waals surface area (Å²) in [5.41, 5.74) is 28.6. The molecule has 0 spiro atoms. The highest BCUT2D eigenvalue weighted by Gasteiger charge is 2.40. The number of nitrogens with two attached hydrogens (primary N) is 5. The first-order valence-electron chi connectivity index (χ1n) is 23.5. The minimum atomic E-state index is -1.70. The van der Waals surface area contributed by atoms with E-state index in [2.05, 4.69) is 36.9 Å². The maximum atomic E-state index is 14.4. The summed E-state index contributed by atoms with van der Waals surface area (Å²) in [6.45, 7) is 2.88. The molecule has 0 radical (unpaired) electrons. The number of hydrogen-bond acceptors (Lipinski definition) is 13. The standard InChI is InChI=1S/C47H69N13O12/c1-26(2)21-32(41(66)54-30(15-9-19-53-47(51)52)40(65)59-35(46(71)72)23-28-13-7-4-8-14-28)56-42(67)33(22-27-11-5-3-6-12-27)57-43(68)34(24-38(50)63)58-44(69)36-16-10-20-60(36)45(70)31(17-18-37(49)62)55-39(64)29(48)25-61/h3-8,11-14,26,29-36,61H,9-10,15-25,48H2,1-2H3,(H2,49,62)(H2,50,63)(H,54,66)(H,55,64)(H,56,67)(H,57,68)(H,58,69)(H,59,65)(H,71,72)(H4,51,52,53). The molecule has 0 aromatic heterocycles. The molecule has 0 bridgehead atoms. The van der Waals surface area contributed by atoms with Crippen molar-refractivity contribution in [3.8, 4) is 0 Å². The number of carboxylic acids is 1. The van der Waals surface area contributed by atoms with Crippen molar-refractivity contribution in [1.82, 2.24) is 36.8 Å². The Morgan fingerprint density at radius 3 is 1.71 bits per heavy atom. The molecule has 2 aromatic rings. The van der Waals surface area contributed by atoms with Gasteiger partial charge in [0.2, 0.25) is 53.2 Å². The molecular weight excluding hydrogens is 939 g/mol. The van der Waals surface area contributed by atoms with E-state index in [1.807, 2.05) is 0 Å². The Hall–Kier alpha value is -7.67. The average Bonchev–Trinajstić information content (AvgIpc) is 3.83. The Balaban J connectivity index is 1.90. The van der Waals surface area contributed by atoms with Crippen LogP contribution in [-0.4, -0.2) is 148 Å². The summed E-state index contributed by atoms with van der Waals surface area (Å²) in [4.78, 5) is 138. The summed E-state index contributed by atoms with van der Waals surface area (Å²) in [6.07, 6.45) is -1.05. The van der Waals surface area contributed by atoms with Gasteiger partial charge in [-0.25, -0.2) is 4.79 Å². The summed E-state index contributed by atoms with van der Waals surface area (Å²) < 4.78 is 0. The maximum Gasteiger partial charge on any atom is 0.326 e. The number of carbonyl (C=O) groups is 10. The fraction of sp³-hybridized carbons (Fsp3) is 0.511. The fourth-order valence-electron chi connectivity index (χ4n) is 7.76. The molecule has 2 aromatic carbocycles. The number of benzene rings is 2. The lowest BCUT2D eigenvalue weighted by atomic mass is 10.00. The smallest absolute Gasteiger partial charge is 0.326 e. The number of nitrogens with zero attached hydrogens (tertiary/aromatic N) is 2. The first-order valence-corrected chi connectivity index (χ1v) is 23.5. The van der Waals surface area contributed by atoms with Gasteiger partial charge in [-0.05, 0) is 55.6 Å². The van der Waals surface area contributed by atoms with Gasteiger partial charge >= 0.3 is 5.97 Å². The molecule has 25 heteroatoms. The van der Waals surface area contributed by atoms with E-state index in [-0.39, 0.29) is 76.3 Å². The van der Waals surface area contributed by atoms with Gasteiger partial charge in [-0.15, -0.1) is 0 Å². The monoisotopic (exact) mass is 1010 g/mol. The van der Waals surface area contributed by atoms with E-state index in [4.69, 9.17) is 28.7 Å². The van der Waals surface area contributed by atoms with E-state index < -0.39 is 120 Å². The van der Waals surface area contributed by atoms with E-state index in [0.717, 1.165) is 4.90 Å². The van der Waals surface area contributed by atoms with E-state index in [9.17, 15) is 58.2 Å². The Morgan fingerprint density at radius 2 is 1.17 bits per heavy atom. The molecule has 3 rings (SSSR count). The van der Waals surface area contributed by atoms with Crippen LogP contribution in [-0.2, 0) is 60.8 Å². The Labute approximate surface area is 416 Å². The normalized spacial score (nSPS) is 16.0. The van der Waals surface area contributed by atoms with Gasteiger partial charge in [0.1, 0.15) is 48.3 Å². The lowest BCUT2D eigenvalue weighted by molar-refractivity contribution is -0.143. The predicted molar refractivity (Wildman–Crippen MR) is 261 cm³/mol. The molecule has 18 N–H and O–H groups in total. The molecule has 394 valence electrons. The Morgan fingerprint density at radius 1 is 0.653 bits per heavy atom. The maximum absolute atomic E-state index is 14.4. The second-order valence-electron chi connectivity index (χ2n) is 17.8. The number of nitrogens with one attached hydrogen (secondary N) is 6. The van der Waals surface area contributed by atoms with E-state index in [1.165, 1.54) is 0 Å². The first kappa shape index (κ1) is 58.6. The van der Waals surface area contributed by atoms with Crippen molar-refractivity contribution in [1.29, 1.82) is 0 Å². The van der Waals surface area contributed by atoms with Crippen molar-refractivity contribution in [2.75, 3.05) is 19.7 Å². The molecule has 25 nitrogen and oxygen atoms in total. The SMILES string of the molecule is CC(C)CC(NC(=O)C(Cc1ccccc1)NC(=O)C(CC(N)=O)NC(=O)C1CCCN1C(=O)C(CCC(N)=O)NC(=O)C(N)CO)C(=O)NC(CCCN=C(N)N)C(=O)NC(Cc1ccccc1)C(=O)O. The number of guanidine groups is 1. The molecule has 8 atom stereocenters. The highest BCUT2D eigenvalue weighted by molar-refractivity contribution is 5.99. The highest BCUT2D eigenvalue weighted by Crippen LogP contribution is 2.21. The minimum Gasteiger partial charge on any atom is -0.480 e. The second kappa shape index (κ2) is 29.5. The molecule has 0 aliphatic carbocycles. The third-order valence-corrected chi connectivity index (χ3v) is 11.4. The number of likely N-dealkylation sites (tertiary alicyclic amines) is 1. The van der Waals surface area contributed by atoms with Crippen LogP contribution in [0, 0.1) is 5.92 Å². The summed E-state index contributed by atoms with van der Waals surface area (Å²) in [7, 11) is 0. The van der Waals surface area contributed by atoms with Crippen LogP contribution in [0.15, 0.2) is 65.7 Å². The zero-order valence-electron chi connectivity index (χ0n) is 40.4. The van der Waals surface area contributed by atoms with E-state index >= 15 is 0 Å². The van der Waals surface area contributed by atoms with Crippen LogP contribution in [0.1, 0.15) is 76.3 Å². The van der Waals surface area contributed by atoms with Crippen LogP contribution in [0.2, 0.25) is 0 Å². The summed E-state index contributed by atoms with van der Waals surface area (Å²) in [6, 6.07) is 5.78. The number of carbonyl (C=O) groups excluding carboxylic acids is 9. The molecule has 9 amide bonds. The summed E-state index contributed by atoms with van der Waals surface area (Å²) >= 11 is 0. The quantitative estimate of drug-likeness (QED) is 0.0202. The van der Waals surface area contributed by atoms with Gasteiger partial charge < -0.3 is 75.7 Å². The van der Waals surface area contributed by atoms with Crippen LogP contribution < -0.4 is 60.6 Å². The third-order valence-electron chi connectivity index (χ3n) is 11.4. The number of primary amides is 2. The zero-order chi connectivity index (χ0) is 53.5. The molecular formula is C47H69N13O12. The lowest BCUT2D eigenvalue weighted by Crippen LogP contribution is -2.60. The number of aliphatic imine (C=N–C) groups is 1. The van der Waals surface area contributed by atoms with Crippen LogP contribution in [0.4, 0.5) is 0 Å². The summed E-state index contributed by atoms with van der Waals surface area (Å²) in [5, 5.41) is 34.6. The van der Waals surface area contributed by atoms with Crippen molar-refractivity contribution in [2.45, 2.75) is 126 Å². The molecule has 72 heavy (non-hydrogen) atoms. The highest BCUT2D eigenvalue weighted by atomic mass is 16.4.